The molecule has 1 aliphatic heterocycles. The summed E-state index contributed by atoms with van der Waals surface area (Å²) in [5.74, 6) is 0.774. The van der Waals surface area contributed by atoms with Gasteiger partial charge in [0.1, 0.15) is 15.8 Å². The molecule has 2 aromatic rings. The van der Waals surface area contributed by atoms with Gasteiger partial charge in [0.25, 0.3) is 5.91 Å². The van der Waals surface area contributed by atoms with Crippen LogP contribution in [0.15, 0.2) is 45.7 Å². The number of thioether (sulfide) groups is 1. The van der Waals surface area contributed by atoms with Gasteiger partial charge in [0, 0.05) is 18.2 Å². The van der Waals surface area contributed by atoms with Gasteiger partial charge in [0.05, 0.1) is 10.5 Å². The molecule has 27 heavy (non-hydrogen) atoms. The van der Waals surface area contributed by atoms with E-state index in [4.69, 9.17) is 16.6 Å². The Morgan fingerprint density at radius 3 is 2.67 bits per heavy atom. The maximum Gasteiger partial charge on any atom is 0.416 e. The van der Waals surface area contributed by atoms with Crippen molar-refractivity contribution in [1.29, 1.82) is 0 Å². The number of carbonyl (C=O) groups is 1. The van der Waals surface area contributed by atoms with Crippen LogP contribution in [-0.2, 0) is 11.0 Å². The second-order valence-corrected chi connectivity index (χ2v) is 8.14. The third kappa shape index (κ3) is 4.44. The fourth-order valence-electron chi connectivity index (χ4n) is 2.59. The average molecular weight is 411 g/mol. The van der Waals surface area contributed by atoms with Crippen LogP contribution in [0.1, 0.15) is 25.2 Å². The zero-order valence-corrected chi connectivity index (χ0v) is 16.2. The molecule has 0 spiro atoms. The van der Waals surface area contributed by atoms with Gasteiger partial charge >= 0.3 is 6.18 Å². The number of halogens is 3. The molecular weight excluding hydrogens is 395 g/mol. The molecule has 1 fully saturated rings. The predicted octanol–water partition coefficient (Wildman–Crippen LogP) is 5.82. The van der Waals surface area contributed by atoms with Crippen molar-refractivity contribution in [3.63, 3.8) is 0 Å². The Labute approximate surface area is 164 Å². The molecule has 1 aliphatic rings. The van der Waals surface area contributed by atoms with E-state index in [1.54, 1.807) is 29.2 Å². The Morgan fingerprint density at radius 1 is 1.26 bits per heavy atom. The van der Waals surface area contributed by atoms with E-state index in [-0.39, 0.29) is 11.8 Å². The van der Waals surface area contributed by atoms with Crippen LogP contribution >= 0.6 is 24.0 Å². The first-order chi connectivity index (χ1) is 12.6. The maximum absolute atomic E-state index is 12.9. The van der Waals surface area contributed by atoms with E-state index in [0.717, 1.165) is 12.1 Å². The molecule has 8 heteroatoms. The monoisotopic (exact) mass is 411 g/mol. The minimum Gasteiger partial charge on any atom is -0.457 e. The summed E-state index contributed by atoms with van der Waals surface area (Å²) in [6.45, 7) is 4.53. The largest absolute Gasteiger partial charge is 0.457 e. The van der Waals surface area contributed by atoms with Crippen LogP contribution in [0.25, 0.3) is 17.4 Å². The highest BCUT2D eigenvalue weighted by molar-refractivity contribution is 8.26. The summed E-state index contributed by atoms with van der Waals surface area (Å²) in [6.07, 6.45) is -2.85. The van der Waals surface area contributed by atoms with Crippen molar-refractivity contribution in [1.82, 2.24) is 4.90 Å². The summed E-state index contributed by atoms with van der Waals surface area (Å²) < 4.78 is 44.7. The first kappa shape index (κ1) is 19.7. The maximum atomic E-state index is 12.9. The Bertz CT molecular complexity index is 916. The second kappa shape index (κ2) is 7.52. The highest BCUT2D eigenvalue weighted by Crippen LogP contribution is 2.35. The van der Waals surface area contributed by atoms with Gasteiger partial charge < -0.3 is 4.42 Å². The molecule has 1 saturated heterocycles. The number of thiocarbonyl (C=S) groups is 1. The molecule has 1 amide bonds. The van der Waals surface area contributed by atoms with Crippen LogP contribution < -0.4 is 0 Å². The lowest BCUT2D eigenvalue weighted by Crippen LogP contribution is -2.31. The summed E-state index contributed by atoms with van der Waals surface area (Å²) >= 11 is 6.44. The number of nitrogens with zero attached hydrogens (tertiary/aromatic N) is 1. The molecule has 142 valence electrons. The summed E-state index contributed by atoms with van der Waals surface area (Å²) in [7, 11) is 0. The van der Waals surface area contributed by atoms with E-state index < -0.39 is 11.7 Å². The first-order valence-electron chi connectivity index (χ1n) is 8.18. The molecule has 0 bridgehead atoms. The smallest absolute Gasteiger partial charge is 0.416 e. The fraction of sp³-hybridized carbons (Fsp3) is 0.263. The van der Waals surface area contributed by atoms with Gasteiger partial charge in [-0.1, -0.05) is 50.0 Å². The Morgan fingerprint density at radius 2 is 2.00 bits per heavy atom. The van der Waals surface area contributed by atoms with E-state index >= 15 is 0 Å². The van der Waals surface area contributed by atoms with Crippen molar-refractivity contribution >= 4 is 40.3 Å². The van der Waals surface area contributed by atoms with E-state index in [2.05, 4.69) is 0 Å². The van der Waals surface area contributed by atoms with E-state index in [1.165, 1.54) is 17.8 Å². The number of hydrogen-bond acceptors (Lipinski definition) is 4. The van der Waals surface area contributed by atoms with Crippen molar-refractivity contribution in [2.24, 2.45) is 5.92 Å². The summed E-state index contributed by atoms with van der Waals surface area (Å²) in [5, 5.41) is 0. The van der Waals surface area contributed by atoms with Crippen molar-refractivity contribution in [2.45, 2.75) is 20.0 Å². The number of amides is 1. The van der Waals surface area contributed by atoms with Gasteiger partial charge in [-0.15, -0.1) is 0 Å². The van der Waals surface area contributed by atoms with Gasteiger partial charge in [0.15, 0.2) is 0 Å². The lowest BCUT2D eigenvalue weighted by molar-refractivity contribution is -0.137. The summed E-state index contributed by atoms with van der Waals surface area (Å²) in [4.78, 5) is 14.5. The number of rotatable bonds is 4. The quantitative estimate of drug-likeness (QED) is 0.469. The third-order valence-electron chi connectivity index (χ3n) is 3.80. The highest BCUT2D eigenvalue weighted by Gasteiger charge is 2.33. The second-order valence-electron chi connectivity index (χ2n) is 6.47. The Hall–Kier alpha value is -2.06. The van der Waals surface area contributed by atoms with Crippen molar-refractivity contribution in [3.8, 4) is 11.3 Å². The summed E-state index contributed by atoms with van der Waals surface area (Å²) in [5.41, 5.74) is -0.427. The van der Waals surface area contributed by atoms with Crippen LogP contribution in [0, 0.1) is 5.92 Å². The molecule has 0 aliphatic carbocycles. The van der Waals surface area contributed by atoms with Crippen molar-refractivity contribution in [2.75, 3.05) is 6.54 Å². The van der Waals surface area contributed by atoms with Crippen molar-refractivity contribution in [3.05, 3.63) is 52.6 Å². The number of alkyl halides is 3. The standard InChI is InChI=1S/C19H16F3NO2S2/c1-11(2)10-23-17(24)16(27-18(23)26)9-14-6-7-15(25-14)12-4-3-5-13(8-12)19(20,21)22/h3-9,11H,10H2,1-2H3. The topological polar surface area (TPSA) is 33.5 Å². The third-order valence-corrected chi connectivity index (χ3v) is 5.17. The molecule has 0 unspecified atom stereocenters. The summed E-state index contributed by atoms with van der Waals surface area (Å²) in [6, 6.07) is 8.11. The number of hydrogen-bond donors (Lipinski definition) is 0. The van der Waals surface area contributed by atoms with E-state index in [9.17, 15) is 18.0 Å². The minimum absolute atomic E-state index is 0.185. The number of benzene rings is 1. The molecule has 0 saturated carbocycles. The molecule has 0 atom stereocenters. The highest BCUT2D eigenvalue weighted by atomic mass is 32.2. The van der Waals surface area contributed by atoms with Gasteiger partial charge in [0.2, 0.25) is 0 Å². The minimum atomic E-state index is -4.42. The molecule has 3 nitrogen and oxygen atoms in total. The first-order valence-corrected chi connectivity index (χ1v) is 9.40. The van der Waals surface area contributed by atoms with Gasteiger partial charge in [-0.2, -0.15) is 13.2 Å². The molecule has 1 aromatic carbocycles. The molecule has 1 aromatic heterocycles. The van der Waals surface area contributed by atoms with Crippen LogP contribution in [0.4, 0.5) is 13.2 Å². The number of carbonyl (C=O) groups excluding carboxylic acids is 1. The van der Waals surface area contributed by atoms with Crippen molar-refractivity contribution < 1.29 is 22.4 Å². The van der Waals surface area contributed by atoms with Gasteiger partial charge in [-0.3, -0.25) is 9.69 Å². The Balaban J connectivity index is 1.84. The van der Waals surface area contributed by atoms with Gasteiger partial charge in [-0.05, 0) is 30.2 Å². The predicted molar refractivity (Wildman–Crippen MR) is 104 cm³/mol. The molecular formula is C19H16F3NO2S2. The van der Waals surface area contributed by atoms with Crippen LogP contribution in [0.3, 0.4) is 0 Å². The molecule has 3 rings (SSSR count). The fourth-order valence-corrected chi connectivity index (χ4v) is 3.84. The van der Waals surface area contributed by atoms with Crippen LogP contribution in [0.2, 0.25) is 0 Å². The van der Waals surface area contributed by atoms with Crippen LogP contribution in [-0.4, -0.2) is 21.7 Å². The van der Waals surface area contributed by atoms with E-state index in [0.29, 0.717) is 32.9 Å². The molecule has 0 N–H and O–H groups in total. The normalized spacial score (nSPS) is 16.8. The SMILES string of the molecule is CC(C)CN1C(=O)C(=Cc2ccc(-c3cccc(C(F)(F)F)c3)o2)SC1=S. The zero-order valence-electron chi connectivity index (χ0n) is 14.5. The lowest BCUT2D eigenvalue weighted by atomic mass is 10.1. The molecule has 2 heterocycles. The van der Waals surface area contributed by atoms with Gasteiger partial charge in [-0.25, -0.2) is 0 Å². The molecule has 0 radical (unpaired) electrons. The van der Waals surface area contributed by atoms with Crippen LogP contribution in [0.5, 0.6) is 0 Å². The number of furan rings is 1. The Kier molecular flexibility index (Phi) is 5.48. The van der Waals surface area contributed by atoms with E-state index in [1.807, 2.05) is 13.8 Å². The lowest BCUT2D eigenvalue weighted by Gasteiger charge is -2.16. The average Bonchev–Trinajstić information content (AvgIpc) is 3.15. The zero-order chi connectivity index (χ0) is 19.8.